The molecular formula is C11H20N2. The topological polar surface area (TPSA) is 35.8 Å². The molecule has 2 heteroatoms. The molecule has 1 aliphatic carbocycles. The van der Waals surface area contributed by atoms with Gasteiger partial charge in [0.15, 0.2) is 0 Å². The molecule has 0 aromatic rings. The van der Waals surface area contributed by atoms with Crippen LogP contribution in [0.15, 0.2) is 0 Å². The number of nitrogens with one attached hydrogen (secondary N) is 1. The fourth-order valence-corrected chi connectivity index (χ4v) is 2.06. The first-order valence-electron chi connectivity index (χ1n) is 5.33. The summed E-state index contributed by atoms with van der Waals surface area (Å²) in [5, 5.41) is 12.1. The van der Waals surface area contributed by atoms with Gasteiger partial charge in [0.2, 0.25) is 0 Å². The summed E-state index contributed by atoms with van der Waals surface area (Å²) < 4.78 is 0. The smallest absolute Gasteiger partial charge is 0.0950 e. The van der Waals surface area contributed by atoms with Crippen molar-refractivity contribution < 1.29 is 0 Å². The van der Waals surface area contributed by atoms with Crippen LogP contribution in [0.4, 0.5) is 0 Å². The molecule has 74 valence electrons. The van der Waals surface area contributed by atoms with Gasteiger partial charge in [-0.05, 0) is 24.7 Å². The van der Waals surface area contributed by atoms with E-state index in [0.717, 1.165) is 13.0 Å². The Kier molecular flexibility index (Phi) is 3.74. The molecule has 1 unspecified atom stereocenters. The molecule has 1 rings (SSSR count). The molecule has 0 bridgehead atoms. The van der Waals surface area contributed by atoms with Crippen LogP contribution in [-0.2, 0) is 0 Å². The average molecular weight is 180 g/mol. The van der Waals surface area contributed by atoms with E-state index >= 15 is 0 Å². The Bertz CT molecular complexity index is 187. The van der Waals surface area contributed by atoms with Gasteiger partial charge in [-0.25, -0.2) is 0 Å². The standard InChI is InChI=1S/C11H20N2/c1-3-10(8-12)13-9-11(2)6-4-5-7-11/h10,13H,3-7,9H2,1-2H3. The lowest BCUT2D eigenvalue weighted by Gasteiger charge is -2.25. The molecule has 2 nitrogen and oxygen atoms in total. The Hall–Kier alpha value is -0.550. The van der Waals surface area contributed by atoms with E-state index in [1.807, 2.05) is 0 Å². The largest absolute Gasteiger partial charge is 0.301 e. The Labute approximate surface area is 81.3 Å². The van der Waals surface area contributed by atoms with E-state index in [1.165, 1.54) is 25.7 Å². The number of hydrogen-bond acceptors (Lipinski definition) is 2. The van der Waals surface area contributed by atoms with Crippen LogP contribution in [0.5, 0.6) is 0 Å². The average Bonchev–Trinajstić information content (AvgIpc) is 2.55. The van der Waals surface area contributed by atoms with Gasteiger partial charge in [-0.3, -0.25) is 0 Å². The highest BCUT2D eigenvalue weighted by atomic mass is 14.9. The molecule has 1 saturated carbocycles. The third kappa shape index (κ3) is 3.00. The quantitative estimate of drug-likeness (QED) is 0.721. The van der Waals surface area contributed by atoms with Crippen molar-refractivity contribution in [2.45, 2.75) is 52.0 Å². The second-order valence-electron chi connectivity index (χ2n) is 4.49. The maximum atomic E-state index is 8.77. The first-order chi connectivity index (χ1) is 6.20. The Morgan fingerprint density at radius 3 is 2.54 bits per heavy atom. The van der Waals surface area contributed by atoms with Crippen LogP contribution in [0.3, 0.4) is 0 Å². The van der Waals surface area contributed by atoms with Crippen molar-refractivity contribution in [1.29, 1.82) is 5.26 Å². The van der Waals surface area contributed by atoms with E-state index in [0.29, 0.717) is 5.41 Å². The fraction of sp³-hybridized carbons (Fsp3) is 0.909. The summed E-state index contributed by atoms with van der Waals surface area (Å²) in [6, 6.07) is 2.33. The van der Waals surface area contributed by atoms with Gasteiger partial charge in [0.05, 0.1) is 12.1 Å². The second kappa shape index (κ2) is 4.62. The number of rotatable bonds is 4. The van der Waals surface area contributed by atoms with E-state index in [1.54, 1.807) is 0 Å². The van der Waals surface area contributed by atoms with Gasteiger partial charge in [-0.2, -0.15) is 5.26 Å². The van der Waals surface area contributed by atoms with E-state index < -0.39 is 0 Å². The molecule has 0 heterocycles. The van der Waals surface area contributed by atoms with Crippen LogP contribution in [0, 0.1) is 16.7 Å². The second-order valence-corrected chi connectivity index (χ2v) is 4.49. The SMILES string of the molecule is CCC(C#N)NCC1(C)CCCC1. The van der Waals surface area contributed by atoms with E-state index in [2.05, 4.69) is 25.2 Å². The Morgan fingerprint density at radius 1 is 1.46 bits per heavy atom. The lowest BCUT2D eigenvalue weighted by molar-refractivity contribution is 0.306. The van der Waals surface area contributed by atoms with Crippen LogP contribution in [0.25, 0.3) is 0 Å². The maximum Gasteiger partial charge on any atom is 0.0950 e. The minimum atomic E-state index is 0.0532. The zero-order chi connectivity index (χ0) is 9.73. The summed E-state index contributed by atoms with van der Waals surface area (Å²) in [5.41, 5.74) is 0.463. The predicted molar refractivity (Wildman–Crippen MR) is 54.3 cm³/mol. The highest BCUT2D eigenvalue weighted by Gasteiger charge is 2.28. The summed E-state index contributed by atoms with van der Waals surface area (Å²) in [4.78, 5) is 0. The van der Waals surface area contributed by atoms with Crippen molar-refractivity contribution in [2.75, 3.05) is 6.54 Å². The van der Waals surface area contributed by atoms with Gasteiger partial charge in [0, 0.05) is 6.54 Å². The minimum Gasteiger partial charge on any atom is -0.301 e. The summed E-state index contributed by atoms with van der Waals surface area (Å²) >= 11 is 0. The fourth-order valence-electron chi connectivity index (χ4n) is 2.06. The monoisotopic (exact) mass is 180 g/mol. The highest BCUT2D eigenvalue weighted by Crippen LogP contribution is 2.36. The molecule has 0 amide bonds. The van der Waals surface area contributed by atoms with E-state index in [9.17, 15) is 0 Å². The molecule has 0 radical (unpaired) electrons. The molecule has 0 spiro atoms. The van der Waals surface area contributed by atoms with Crippen LogP contribution in [0.1, 0.15) is 46.0 Å². The van der Waals surface area contributed by atoms with Gasteiger partial charge in [-0.1, -0.05) is 26.7 Å². The third-order valence-electron chi connectivity index (χ3n) is 3.15. The molecule has 1 atom stereocenters. The maximum absolute atomic E-state index is 8.77. The zero-order valence-electron chi connectivity index (χ0n) is 8.77. The molecule has 1 aliphatic rings. The number of nitriles is 1. The molecule has 1 fully saturated rings. The van der Waals surface area contributed by atoms with Crippen molar-refractivity contribution in [3.8, 4) is 6.07 Å². The van der Waals surface area contributed by atoms with E-state index in [-0.39, 0.29) is 6.04 Å². The molecule has 13 heavy (non-hydrogen) atoms. The first kappa shape index (κ1) is 10.5. The normalized spacial score (nSPS) is 22.5. The van der Waals surface area contributed by atoms with Crippen LogP contribution < -0.4 is 5.32 Å². The molecule has 0 aliphatic heterocycles. The number of hydrogen-bond donors (Lipinski definition) is 1. The summed E-state index contributed by atoms with van der Waals surface area (Å²) in [6.45, 7) is 5.40. The van der Waals surface area contributed by atoms with Gasteiger partial charge < -0.3 is 5.32 Å². The van der Waals surface area contributed by atoms with E-state index in [4.69, 9.17) is 5.26 Å². The van der Waals surface area contributed by atoms with Crippen molar-refractivity contribution in [1.82, 2.24) is 5.32 Å². The zero-order valence-corrected chi connectivity index (χ0v) is 8.77. The molecule has 0 saturated heterocycles. The lowest BCUT2D eigenvalue weighted by atomic mass is 9.88. The Balaban J connectivity index is 2.28. The van der Waals surface area contributed by atoms with Crippen molar-refractivity contribution in [3.05, 3.63) is 0 Å². The molecular weight excluding hydrogens is 160 g/mol. The first-order valence-corrected chi connectivity index (χ1v) is 5.33. The van der Waals surface area contributed by atoms with Gasteiger partial charge in [-0.15, -0.1) is 0 Å². The van der Waals surface area contributed by atoms with Crippen molar-refractivity contribution >= 4 is 0 Å². The third-order valence-corrected chi connectivity index (χ3v) is 3.15. The summed E-state index contributed by atoms with van der Waals surface area (Å²) in [7, 11) is 0. The van der Waals surface area contributed by atoms with Gasteiger partial charge in [0.25, 0.3) is 0 Å². The van der Waals surface area contributed by atoms with Crippen LogP contribution in [-0.4, -0.2) is 12.6 Å². The molecule has 0 aromatic heterocycles. The molecule has 1 N–H and O–H groups in total. The van der Waals surface area contributed by atoms with Crippen LogP contribution in [0.2, 0.25) is 0 Å². The molecule has 0 aromatic carbocycles. The van der Waals surface area contributed by atoms with Crippen molar-refractivity contribution in [3.63, 3.8) is 0 Å². The van der Waals surface area contributed by atoms with Crippen LogP contribution >= 0.6 is 0 Å². The predicted octanol–water partition coefficient (Wildman–Crippen LogP) is 2.46. The Morgan fingerprint density at radius 2 is 2.08 bits per heavy atom. The summed E-state index contributed by atoms with van der Waals surface area (Å²) in [5.74, 6) is 0. The van der Waals surface area contributed by atoms with Gasteiger partial charge >= 0.3 is 0 Å². The number of nitrogens with zero attached hydrogens (tertiary/aromatic N) is 1. The lowest BCUT2D eigenvalue weighted by Crippen LogP contribution is -2.36. The summed E-state index contributed by atoms with van der Waals surface area (Å²) in [6.07, 6.45) is 6.28. The highest BCUT2D eigenvalue weighted by molar-refractivity contribution is 4.91. The minimum absolute atomic E-state index is 0.0532. The van der Waals surface area contributed by atoms with Gasteiger partial charge in [0.1, 0.15) is 0 Å². The van der Waals surface area contributed by atoms with Crippen molar-refractivity contribution in [2.24, 2.45) is 5.41 Å².